The van der Waals surface area contributed by atoms with Crippen LogP contribution in [-0.2, 0) is 0 Å². The Labute approximate surface area is 79.8 Å². The van der Waals surface area contributed by atoms with Crippen molar-refractivity contribution in [1.29, 1.82) is 0 Å². The molecule has 0 aromatic heterocycles. The third kappa shape index (κ3) is 7.62. The van der Waals surface area contributed by atoms with Gasteiger partial charge < -0.3 is 10.2 Å². The van der Waals surface area contributed by atoms with Gasteiger partial charge in [0.2, 0.25) is 0 Å². The van der Waals surface area contributed by atoms with E-state index in [1.807, 2.05) is 0 Å². The van der Waals surface area contributed by atoms with Crippen LogP contribution in [0.1, 0.15) is 40.0 Å². The molecule has 1 aliphatic rings. The van der Waals surface area contributed by atoms with E-state index in [9.17, 15) is 0 Å². The number of carboxylic acid groups (broad SMARTS) is 2. The van der Waals surface area contributed by atoms with Gasteiger partial charge in [0.25, 0.3) is 0 Å². The molecular formula is C10H20O3. The highest BCUT2D eigenvalue weighted by Gasteiger charge is 2.19. The van der Waals surface area contributed by atoms with E-state index in [4.69, 9.17) is 15.0 Å². The Bertz CT molecular complexity index is 127. The Kier molecular flexibility index (Phi) is 5.51. The maximum absolute atomic E-state index is 8.56. The molecule has 0 aromatic rings. The minimum absolute atomic E-state index is 0.990. The summed E-state index contributed by atoms with van der Waals surface area (Å²) < 4.78 is 0. The number of rotatable bonds is 0. The molecule has 0 unspecified atom stereocenters. The highest BCUT2D eigenvalue weighted by atomic mass is 16.6. The second-order valence-electron chi connectivity index (χ2n) is 4.31. The van der Waals surface area contributed by atoms with Gasteiger partial charge >= 0.3 is 6.16 Å². The second-order valence-corrected chi connectivity index (χ2v) is 4.31. The zero-order valence-corrected chi connectivity index (χ0v) is 8.66. The molecule has 1 saturated carbocycles. The average molecular weight is 188 g/mol. The van der Waals surface area contributed by atoms with Crippen LogP contribution in [0.15, 0.2) is 0 Å². The molecule has 3 heteroatoms. The first-order valence-corrected chi connectivity index (χ1v) is 4.83. The van der Waals surface area contributed by atoms with Crippen LogP contribution in [-0.4, -0.2) is 16.4 Å². The largest absolute Gasteiger partial charge is 0.503 e. The highest BCUT2D eigenvalue weighted by Crippen LogP contribution is 2.31. The summed E-state index contributed by atoms with van der Waals surface area (Å²) in [5.74, 6) is 2.97. The first-order valence-electron chi connectivity index (χ1n) is 4.83. The van der Waals surface area contributed by atoms with Gasteiger partial charge in [0.15, 0.2) is 0 Å². The number of carbonyl (C=O) groups is 1. The smallest absolute Gasteiger partial charge is 0.450 e. The van der Waals surface area contributed by atoms with E-state index >= 15 is 0 Å². The molecule has 0 bridgehead atoms. The molecule has 2 N–H and O–H groups in total. The quantitative estimate of drug-likeness (QED) is 0.613. The molecule has 1 rings (SSSR count). The fraction of sp³-hybridized carbons (Fsp3) is 0.900. The molecule has 1 fully saturated rings. The summed E-state index contributed by atoms with van der Waals surface area (Å²) in [5, 5.41) is 13.9. The van der Waals surface area contributed by atoms with E-state index in [1.54, 1.807) is 0 Å². The Balaban J connectivity index is 0.000000310. The molecule has 13 heavy (non-hydrogen) atoms. The SMILES string of the molecule is CC1CC(C)CC(C)C1.O=C(O)O. The zero-order chi connectivity index (χ0) is 10.4. The molecular weight excluding hydrogens is 168 g/mol. The molecule has 3 nitrogen and oxygen atoms in total. The summed E-state index contributed by atoms with van der Waals surface area (Å²) in [6, 6.07) is 0. The molecule has 78 valence electrons. The van der Waals surface area contributed by atoms with Gasteiger partial charge in [-0.1, -0.05) is 20.8 Å². The highest BCUT2D eigenvalue weighted by molar-refractivity contribution is 5.53. The lowest BCUT2D eigenvalue weighted by Crippen LogP contribution is -2.16. The molecule has 0 atom stereocenters. The summed E-state index contributed by atoms with van der Waals surface area (Å²) >= 11 is 0. The lowest BCUT2D eigenvalue weighted by Gasteiger charge is -2.28. The summed E-state index contributed by atoms with van der Waals surface area (Å²) in [7, 11) is 0. The standard InChI is InChI=1S/C9H18.CH2O3/c1-7-4-8(2)6-9(3)5-7;2-1(3)4/h7-9H,4-6H2,1-3H3;(H2,2,3,4). The van der Waals surface area contributed by atoms with Crippen molar-refractivity contribution >= 4 is 6.16 Å². The van der Waals surface area contributed by atoms with Gasteiger partial charge in [-0.05, 0) is 37.0 Å². The van der Waals surface area contributed by atoms with Gasteiger partial charge in [-0.3, -0.25) is 0 Å². The van der Waals surface area contributed by atoms with E-state index in [2.05, 4.69) is 20.8 Å². The summed E-state index contributed by atoms with van der Waals surface area (Å²) in [4.78, 5) is 8.56. The van der Waals surface area contributed by atoms with Crippen molar-refractivity contribution in [1.82, 2.24) is 0 Å². The lowest BCUT2D eigenvalue weighted by atomic mass is 9.78. The fourth-order valence-corrected chi connectivity index (χ4v) is 2.35. The van der Waals surface area contributed by atoms with Crippen molar-refractivity contribution in [2.45, 2.75) is 40.0 Å². The maximum Gasteiger partial charge on any atom is 0.503 e. The van der Waals surface area contributed by atoms with Crippen LogP contribution >= 0.6 is 0 Å². The maximum atomic E-state index is 8.56. The van der Waals surface area contributed by atoms with Crippen molar-refractivity contribution in [3.8, 4) is 0 Å². The van der Waals surface area contributed by atoms with Crippen molar-refractivity contribution in [3.05, 3.63) is 0 Å². The Morgan fingerprint density at radius 3 is 1.23 bits per heavy atom. The van der Waals surface area contributed by atoms with Crippen LogP contribution in [0.4, 0.5) is 4.79 Å². The molecule has 0 heterocycles. The normalized spacial score (nSPS) is 33.0. The van der Waals surface area contributed by atoms with Gasteiger partial charge in [0, 0.05) is 0 Å². The first-order chi connectivity index (χ1) is 5.91. The van der Waals surface area contributed by atoms with Crippen LogP contribution in [0.2, 0.25) is 0 Å². The van der Waals surface area contributed by atoms with Gasteiger partial charge in [-0.25, -0.2) is 4.79 Å². The van der Waals surface area contributed by atoms with E-state index < -0.39 is 6.16 Å². The van der Waals surface area contributed by atoms with E-state index in [1.165, 1.54) is 19.3 Å². The Morgan fingerprint density at radius 1 is 0.923 bits per heavy atom. The molecule has 0 aliphatic heterocycles. The lowest BCUT2D eigenvalue weighted by molar-refractivity contribution is 0.137. The van der Waals surface area contributed by atoms with Crippen molar-refractivity contribution in [2.75, 3.05) is 0 Å². The second kappa shape index (κ2) is 5.84. The fourth-order valence-electron chi connectivity index (χ4n) is 2.35. The summed E-state index contributed by atoms with van der Waals surface area (Å²) in [6.45, 7) is 7.14. The molecule has 0 aromatic carbocycles. The van der Waals surface area contributed by atoms with Crippen LogP contribution in [0.25, 0.3) is 0 Å². The predicted octanol–water partition coefficient (Wildman–Crippen LogP) is 3.30. The number of hydrogen-bond donors (Lipinski definition) is 2. The minimum atomic E-state index is -1.83. The molecule has 0 saturated heterocycles. The van der Waals surface area contributed by atoms with Gasteiger partial charge in [-0.2, -0.15) is 0 Å². The Hall–Kier alpha value is -0.730. The topological polar surface area (TPSA) is 57.5 Å². The van der Waals surface area contributed by atoms with Gasteiger partial charge in [0.1, 0.15) is 0 Å². The average Bonchev–Trinajstić information content (AvgIpc) is 1.80. The first kappa shape index (κ1) is 12.3. The zero-order valence-electron chi connectivity index (χ0n) is 8.66. The summed E-state index contributed by atoms with van der Waals surface area (Å²) in [5.41, 5.74) is 0. The third-order valence-corrected chi connectivity index (χ3v) is 2.41. The van der Waals surface area contributed by atoms with Crippen LogP contribution in [0, 0.1) is 17.8 Å². The van der Waals surface area contributed by atoms with Crippen molar-refractivity contribution < 1.29 is 15.0 Å². The van der Waals surface area contributed by atoms with Crippen LogP contribution in [0.3, 0.4) is 0 Å². The van der Waals surface area contributed by atoms with Crippen LogP contribution in [0.5, 0.6) is 0 Å². The monoisotopic (exact) mass is 188 g/mol. The summed E-state index contributed by atoms with van der Waals surface area (Å²) in [6.07, 6.45) is 2.55. The Morgan fingerprint density at radius 2 is 1.08 bits per heavy atom. The third-order valence-electron chi connectivity index (χ3n) is 2.41. The molecule has 0 radical (unpaired) electrons. The molecule has 0 amide bonds. The van der Waals surface area contributed by atoms with Gasteiger partial charge in [-0.15, -0.1) is 0 Å². The van der Waals surface area contributed by atoms with E-state index in [0.29, 0.717) is 0 Å². The van der Waals surface area contributed by atoms with Gasteiger partial charge in [0.05, 0.1) is 0 Å². The van der Waals surface area contributed by atoms with E-state index in [-0.39, 0.29) is 0 Å². The molecule has 1 aliphatic carbocycles. The predicted molar refractivity (Wildman–Crippen MR) is 52.0 cm³/mol. The van der Waals surface area contributed by atoms with E-state index in [0.717, 1.165) is 17.8 Å². The minimum Gasteiger partial charge on any atom is -0.450 e. The van der Waals surface area contributed by atoms with Crippen LogP contribution < -0.4 is 0 Å². The molecule has 0 spiro atoms. The van der Waals surface area contributed by atoms with Crippen molar-refractivity contribution in [3.63, 3.8) is 0 Å². The van der Waals surface area contributed by atoms with Crippen molar-refractivity contribution in [2.24, 2.45) is 17.8 Å². The number of hydrogen-bond acceptors (Lipinski definition) is 1.